The molecule has 1 aromatic heterocycles. The van der Waals surface area contributed by atoms with E-state index in [0.717, 1.165) is 11.9 Å². The van der Waals surface area contributed by atoms with Crippen LogP contribution >= 0.6 is 0 Å². The number of quaternary nitrogens is 1. The third-order valence-electron chi connectivity index (χ3n) is 3.75. The number of nitrogens with two attached hydrogens (primary N) is 1. The van der Waals surface area contributed by atoms with Crippen LogP contribution in [0.3, 0.4) is 0 Å². The highest BCUT2D eigenvalue weighted by molar-refractivity contribution is 5.86. The lowest BCUT2D eigenvalue weighted by Gasteiger charge is -2.24. The number of aromatic nitrogens is 1. The second kappa shape index (κ2) is 4.14. The Hall–Kier alpha value is -1.81. The number of methoxy groups -OCH3 is 1. The first kappa shape index (κ1) is 11.3. The molecule has 0 aliphatic carbocycles. The Kier molecular flexibility index (Phi) is 2.59. The molecule has 1 aromatic carbocycles. The van der Waals surface area contributed by atoms with Gasteiger partial charge in [-0.2, -0.15) is 0 Å². The highest BCUT2D eigenvalue weighted by atomic mass is 16.5. The molecular weight excluding hydrogens is 228 g/mol. The lowest BCUT2D eigenvalue weighted by molar-refractivity contribution is -0.718. The first-order chi connectivity index (χ1) is 8.70. The summed E-state index contributed by atoms with van der Waals surface area (Å²) in [5.41, 5.74) is 3.64. The number of esters is 1. The van der Waals surface area contributed by atoms with E-state index in [4.69, 9.17) is 4.74 Å². The van der Waals surface area contributed by atoms with Crippen molar-refractivity contribution in [3.63, 3.8) is 0 Å². The number of carbonyl (C=O) groups excluding carboxylic acids is 1. The van der Waals surface area contributed by atoms with Crippen LogP contribution in [0.2, 0.25) is 0 Å². The molecule has 2 unspecified atom stereocenters. The van der Waals surface area contributed by atoms with Crippen LogP contribution in [0.1, 0.15) is 24.2 Å². The SMILES string of the molecule is COC(=O)C1Cc2c([nH]c3ccccc23)C(C)[NH2+]1. The number of rotatable bonds is 1. The fraction of sp³-hybridized carbons (Fsp3) is 0.357. The summed E-state index contributed by atoms with van der Waals surface area (Å²) in [5, 5.41) is 3.30. The summed E-state index contributed by atoms with van der Waals surface area (Å²) < 4.78 is 4.86. The summed E-state index contributed by atoms with van der Waals surface area (Å²) in [7, 11) is 1.45. The van der Waals surface area contributed by atoms with Crippen LogP contribution in [0.25, 0.3) is 10.9 Å². The fourth-order valence-corrected chi connectivity index (χ4v) is 2.88. The van der Waals surface area contributed by atoms with E-state index in [0.29, 0.717) is 0 Å². The van der Waals surface area contributed by atoms with Gasteiger partial charge >= 0.3 is 5.97 Å². The predicted molar refractivity (Wildman–Crippen MR) is 68.1 cm³/mol. The number of nitrogens with one attached hydrogen (secondary N) is 1. The van der Waals surface area contributed by atoms with E-state index < -0.39 is 0 Å². The van der Waals surface area contributed by atoms with Crippen LogP contribution < -0.4 is 5.32 Å². The molecule has 94 valence electrons. The predicted octanol–water partition coefficient (Wildman–Crippen LogP) is 0.890. The third-order valence-corrected chi connectivity index (χ3v) is 3.75. The van der Waals surface area contributed by atoms with Crippen molar-refractivity contribution in [1.29, 1.82) is 0 Å². The van der Waals surface area contributed by atoms with Gasteiger partial charge in [0.2, 0.25) is 0 Å². The number of hydrogen-bond donors (Lipinski definition) is 2. The Morgan fingerprint density at radius 2 is 2.22 bits per heavy atom. The molecule has 1 aliphatic rings. The van der Waals surface area contributed by atoms with E-state index in [2.05, 4.69) is 29.4 Å². The van der Waals surface area contributed by atoms with Gasteiger partial charge in [-0.25, -0.2) is 4.79 Å². The summed E-state index contributed by atoms with van der Waals surface area (Å²) in [6, 6.07) is 8.37. The van der Waals surface area contributed by atoms with Crippen molar-refractivity contribution >= 4 is 16.9 Å². The quantitative estimate of drug-likeness (QED) is 0.733. The highest BCUT2D eigenvalue weighted by Gasteiger charge is 2.34. The lowest BCUT2D eigenvalue weighted by atomic mass is 9.95. The first-order valence-corrected chi connectivity index (χ1v) is 6.23. The van der Waals surface area contributed by atoms with Gasteiger partial charge in [-0.05, 0) is 18.6 Å². The van der Waals surface area contributed by atoms with E-state index in [1.807, 2.05) is 12.1 Å². The largest absolute Gasteiger partial charge is 0.465 e. The molecular formula is C14H17N2O2+. The van der Waals surface area contributed by atoms with E-state index in [1.54, 1.807) is 0 Å². The molecule has 2 atom stereocenters. The molecule has 0 spiro atoms. The average Bonchev–Trinajstić information content (AvgIpc) is 2.77. The zero-order chi connectivity index (χ0) is 12.7. The summed E-state index contributed by atoms with van der Waals surface area (Å²) >= 11 is 0. The standard InChI is InChI=1S/C14H16N2O2/c1-8-13-10(7-12(15-8)14(17)18-2)9-5-3-4-6-11(9)16-13/h3-6,8,12,15-16H,7H2,1-2H3/p+1. The maximum Gasteiger partial charge on any atom is 0.364 e. The zero-order valence-electron chi connectivity index (χ0n) is 10.6. The van der Waals surface area contributed by atoms with Crippen LogP contribution in [-0.2, 0) is 16.0 Å². The van der Waals surface area contributed by atoms with Crippen molar-refractivity contribution in [2.75, 3.05) is 7.11 Å². The highest BCUT2D eigenvalue weighted by Crippen LogP contribution is 2.28. The smallest absolute Gasteiger partial charge is 0.364 e. The molecule has 0 fully saturated rings. The van der Waals surface area contributed by atoms with E-state index in [1.165, 1.54) is 23.8 Å². The van der Waals surface area contributed by atoms with Gasteiger partial charge in [0, 0.05) is 17.3 Å². The van der Waals surface area contributed by atoms with Crippen molar-refractivity contribution in [1.82, 2.24) is 4.98 Å². The van der Waals surface area contributed by atoms with E-state index >= 15 is 0 Å². The molecule has 2 heterocycles. The van der Waals surface area contributed by atoms with Crippen molar-refractivity contribution in [3.05, 3.63) is 35.5 Å². The molecule has 18 heavy (non-hydrogen) atoms. The minimum atomic E-state index is -0.141. The molecule has 0 saturated carbocycles. The van der Waals surface area contributed by atoms with Gasteiger partial charge in [0.25, 0.3) is 0 Å². The average molecular weight is 245 g/mol. The first-order valence-electron chi connectivity index (χ1n) is 6.23. The molecule has 0 saturated heterocycles. The van der Waals surface area contributed by atoms with Crippen molar-refractivity contribution < 1.29 is 14.8 Å². The molecule has 0 bridgehead atoms. The summed E-state index contributed by atoms with van der Waals surface area (Å²) in [5.74, 6) is -0.141. The Labute approximate surface area is 105 Å². The Morgan fingerprint density at radius 3 is 3.00 bits per heavy atom. The molecule has 3 N–H and O–H groups in total. The topological polar surface area (TPSA) is 58.7 Å². The van der Waals surface area contributed by atoms with Crippen molar-refractivity contribution in [2.24, 2.45) is 0 Å². The molecule has 3 rings (SSSR count). The van der Waals surface area contributed by atoms with Gasteiger partial charge < -0.3 is 15.0 Å². The molecule has 4 heteroatoms. The van der Waals surface area contributed by atoms with Gasteiger partial charge in [0.05, 0.1) is 12.8 Å². The number of aromatic amines is 1. The van der Waals surface area contributed by atoms with Gasteiger partial charge in [0.1, 0.15) is 6.04 Å². The fourth-order valence-electron chi connectivity index (χ4n) is 2.88. The van der Waals surface area contributed by atoms with E-state index in [-0.39, 0.29) is 18.1 Å². The number of para-hydroxylation sites is 1. The van der Waals surface area contributed by atoms with Gasteiger partial charge in [-0.15, -0.1) is 0 Å². The number of ether oxygens (including phenoxy) is 1. The summed E-state index contributed by atoms with van der Waals surface area (Å²) in [4.78, 5) is 15.2. The molecule has 2 aromatic rings. The minimum Gasteiger partial charge on any atom is -0.465 e. The monoisotopic (exact) mass is 245 g/mol. The number of fused-ring (bicyclic) bond motifs is 3. The van der Waals surface area contributed by atoms with Gasteiger partial charge in [-0.1, -0.05) is 18.2 Å². The second-order valence-corrected chi connectivity index (χ2v) is 4.88. The summed E-state index contributed by atoms with van der Waals surface area (Å²) in [6.45, 7) is 2.11. The Bertz CT molecular complexity index is 603. The van der Waals surface area contributed by atoms with E-state index in [9.17, 15) is 4.79 Å². The third kappa shape index (κ3) is 1.61. The van der Waals surface area contributed by atoms with Crippen molar-refractivity contribution in [3.8, 4) is 0 Å². The molecule has 0 radical (unpaired) electrons. The van der Waals surface area contributed by atoms with Gasteiger partial charge in [0.15, 0.2) is 6.04 Å². The van der Waals surface area contributed by atoms with Crippen LogP contribution in [-0.4, -0.2) is 24.1 Å². The maximum atomic E-state index is 11.7. The molecule has 1 aliphatic heterocycles. The Morgan fingerprint density at radius 1 is 1.44 bits per heavy atom. The van der Waals surface area contributed by atoms with Crippen LogP contribution in [0, 0.1) is 0 Å². The van der Waals surface area contributed by atoms with Gasteiger partial charge in [-0.3, -0.25) is 0 Å². The number of hydrogen-bond acceptors (Lipinski definition) is 2. The number of benzene rings is 1. The van der Waals surface area contributed by atoms with Crippen LogP contribution in [0.5, 0.6) is 0 Å². The van der Waals surface area contributed by atoms with Crippen LogP contribution in [0.4, 0.5) is 0 Å². The Balaban J connectivity index is 2.09. The minimum absolute atomic E-state index is 0.128. The lowest BCUT2D eigenvalue weighted by Crippen LogP contribution is -2.94. The molecule has 4 nitrogen and oxygen atoms in total. The van der Waals surface area contributed by atoms with Crippen molar-refractivity contribution in [2.45, 2.75) is 25.4 Å². The number of carbonyl (C=O) groups is 1. The summed E-state index contributed by atoms with van der Waals surface area (Å²) in [6.07, 6.45) is 0.732. The van der Waals surface area contributed by atoms with Crippen LogP contribution in [0.15, 0.2) is 24.3 Å². The maximum absolute atomic E-state index is 11.7. The number of H-pyrrole nitrogens is 1. The normalized spacial score (nSPS) is 22.8. The zero-order valence-corrected chi connectivity index (χ0v) is 10.6. The second-order valence-electron chi connectivity index (χ2n) is 4.88. The molecule has 0 amide bonds.